The number of halogens is 2. The van der Waals surface area contributed by atoms with E-state index in [1.165, 1.54) is 48.6 Å². The molecule has 5 nitrogen and oxygen atoms in total. The number of aromatic nitrogens is 2. The third-order valence-corrected chi connectivity index (χ3v) is 9.14. The molecular formula is C29H29F2N3O2. The zero-order valence-corrected chi connectivity index (χ0v) is 20.2. The molecule has 0 spiro atoms. The average molecular weight is 490 g/mol. The van der Waals surface area contributed by atoms with Gasteiger partial charge >= 0.3 is 0 Å². The van der Waals surface area contributed by atoms with Crippen molar-refractivity contribution in [3.63, 3.8) is 0 Å². The van der Waals surface area contributed by atoms with Gasteiger partial charge in [-0.2, -0.15) is 0 Å². The van der Waals surface area contributed by atoms with E-state index in [1.807, 2.05) is 4.90 Å². The van der Waals surface area contributed by atoms with Crippen molar-refractivity contribution in [3.05, 3.63) is 63.9 Å². The molecule has 5 aliphatic rings. The highest BCUT2D eigenvalue weighted by Crippen LogP contribution is 2.58. The fraction of sp³-hybridized carbons (Fsp3) is 0.483. The molecule has 3 heterocycles. The van der Waals surface area contributed by atoms with Crippen LogP contribution in [-0.2, 0) is 0 Å². The van der Waals surface area contributed by atoms with Gasteiger partial charge in [0, 0.05) is 31.8 Å². The van der Waals surface area contributed by atoms with Crippen molar-refractivity contribution in [2.75, 3.05) is 18.0 Å². The number of carbonyl (C=O) groups is 1. The Hall–Kier alpha value is -3.09. The summed E-state index contributed by atoms with van der Waals surface area (Å²) in [6, 6.07) is 6.78. The normalized spacial score (nSPS) is 28.5. The second kappa shape index (κ2) is 7.95. The summed E-state index contributed by atoms with van der Waals surface area (Å²) in [5.74, 6) is 1.24. The first-order chi connectivity index (χ1) is 17.4. The third kappa shape index (κ3) is 3.66. The number of rotatable bonds is 5. The lowest BCUT2D eigenvalue weighted by molar-refractivity contribution is 0.0530. The number of nitrogens with zero attached hydrogens (tertiary/aromatic N) is 3. The minimum Gasteiger partial charge on any atom is -0.353 e. The number of Topliss-reactive ketones (excluding diaryl/α,β-unsaturated/α-hetero) is 1. The lowest BCUT2D eigenvalue weighted by Crippen LogP contribution is -2.36. The van der Waals surface area contributed by atoms with Crippen LogP contribution in [0, 0.1) is 34.8 Å². The van der Waals surface area contributed by atoms with Gasteiger partial charge in [-0.25, -0.2) is 13.8 Å². The van der Waals surface area contributed by atoms with Crippen LogP contribution in [0.15, 0.2) is 41.3 Å². The summed E-state index contributed by atoms with van der Waals surface area (Å²) in [6.07, 6.45) is 10.0. The number of hydrogen-bond acceptors (Lipinski definition) is 4. The second-order valence-electron chi connectivity index (χ2n) is 11.7. The van der Waals surface area contributed by atoms with Gasteiger partial charge in [0.1, 0.15) is 17.5 Å². The molecule has 36 heavy (non-hydrogen) atoms. The lowest BCUT2D eigenvalue weighted by Gasteiger charge is -2.45. The van der Waals surface area contributed by atoms with Crippen LogP contribution in [0.5, 0.6) is 0 Å². The van der Waals surface area contributed by atoms with Crippen LogP contribution in [0.25, 0.3) is 16.7 Å². The molecule has 4 saturated carbocycles. The topological polar surface area (TPSA) is 55.0 Å². The van der Waals surface area contributed by atoms with Crippen molar-refractivity contribution in [2.45, 2.75) is 51.4 Å². The zero-order valence-electron chi connectivity index (χ0n) is 20.2. The predicted octanol–water partition coefficient (Wildman–Crippen LogP) is 5.66. The molecule has 2 aromatic heterocycles. The molecule has 8 rings (SSSR count). The fourth-order valence-corrected chi connectivity index (χ4v) is 7.67. The molecule has 2 unspecified atom stereocenters. The van der Waals surface area contributed by atoms with E-state index in [0.29, 0.717) is 24.1 Å². The molecular weight excluding hydrogens is 460 g/mol. The van der Waals surface area contributed by atoms with Gasteiger partial charge in [0.2, 0.25) is 5.43 Å². The van der Waals surface area contributed by atoms with Crippen LogP contribution in [-0.4, -0.2) is 28.4 Å². The van der Waals surface area contributed by atoms with Crippen molar-refractivity contribution in [1.29, 1.82) is 0 Å². The van der Waals surface area contributed by atoms with Crippen LogP contribution in [0.3, 0.4) is 0 Å². The molecule has 4 aliphatic carbocycles. The van der Waals surface area contributed by atoms with Gasteiger partial charge in [-0.1, -0.05) is 0 Å². The smallest absolute Gasteiger partial charge is 0.201 e. The molecule has 7 heteroatoms. The Kier molecular flexibility index (Phi) is 4.89. The van der Waals surface area contributed by atoms with Crippen LogP contribution in [0.2, 0.25) is 0 Å². The Balaban J connectivity index is 1.34. The maximum atomic E-state index is 14.9. The molecule has 0 radical (unpaired) electrons. The molecule has 1 saturated heterocycles. The van der Waals surface area contributed by atoms with Gasteiger partial charge in [0.05, 0.1) is 16.6 Å². The summed E-state index contributed by atoms with van der Waals surface area (Å²) in [5, 5.41) is 0.275. The average Bonchev–Trinajstić information content (AvgIpc) is 3.69. The van der Waals surface area contributed by atoms with E-state index in [9.17, 15) is 18.4 Å². The van der Waals surface area contributed by atoms with Gasteiger partial charge < -0.3 is 4.90 Å². The van der Waals surface area contributed by atoms with Crippen molar-refractivity contribution in [3.8, 4) is 5.69 Å². The molecule has 3 aromatic rings. The maximum absolute atomic E-state index is 14.9. The third-order valence-electron chi connectivity index (χ3n) is 9.14. The first-order valence-electron chi connectivity index (χ1n) is 13.2. The number of carbonyl (C=O) groups excluding carboxylic acids is 1. The van der Waals surface area contributed by atoms with Crippen molar-refractivity contribution in [1.82, 2.24) is 9.55 Å². The Morgan fingerprint density at radius 1 is 1.03 bits per heavy atom. The summed E-state index contributed by atoms with van der Waals surface area (Å²) in [6.45, 7) is 1.74. The minimum absolute atomic E-state index is 0.0371. The van der Waals surface area contributed by atoms with E-state index < -0.39 is 11.6 Å². The van der Waals surface area contributed by atoms with E-state index in [1.54, 1.807) is 12.1 Å². The summed E-state index contributed by atoms with van der Waals surface area (Å²) in [4.78, 5) is 34.1. The molecule has 186 valence electrons. The van der Waals surface area contributed by atoms with Crippen LogP contribution >= 0.6 is 0 Å². The van der Waals surface area contributed by atoms with Gasteiger partial charge in [-0.05, 0) is 92.4 Å². The summed E-state index contributed by atoms with van der Waals surface area (Å²) in [7, 11) is 0. The molecule has 2 atom stereocenters. The number of anilines is 1. The number of ketones is 1. The molecule has 0 N–H and O–H groups in total. The Morgan fingerprint density at radius 2 is 1.78 bits per heavy atom. The highest BCUT2D eigenvalue weighted by Gasteiger charge is 2.48. The molecule has 1 aliphatic heterocycles. The summed E-state index contributed by atoms with van der Waals surface area (Å²) < 4.78 is 30.1. The van der Waals surface area contributed by atoms with Crippen LogP contribution in [0.1, 0.15) is 61.7 Å². The van der Waals surface area contributed by atoms with Crippen LogP contribution < -0.4 is 10.3 Å². The van der Waals surface area contributed by atoms with Gasteiger partial charge in [-0.3, -0.25) is 14.2 Å². The SMILES string of the molecule is O=C(CC12CCC3CC(CC(C3)C1)C2)c1cn(-c2ccc(F)cc2F)c2nc(N3CC3)ccc2c1=O. The minimum atomic E-state index is -0.769. The van der Waals surface area contributed by atoms with Gasteiger partial charge in [0.15, 0.2) is 11.4 Å². The first kappa shape index (κ1) is 22.1. The second-order valence-corrected chi connectivity index (χ2v) is 11.7. The standard InChI is InChI=1S/C29H29F2N3O2/c30-20-1-3-24(23(31)12-20)34-16-22(27(36)21-2-4-26(32-28(21)34)33-7-8-33)25(35)15-29-6-5-17-9-18(13-29)11-19(10-17)14-29/h1-4,12,16-19H,5-11,13-15H2. The lowest BCUT2D eigenvalue weighted by atomic mass is 9.60. The van der Waals surface area contributed by atoms with Gasteiger partial charge in [0.25, 0.3) is 0 Å². The molecule has 4 bridgehead atoms. The number of fused-ring (bicyclic) bond motifs is 2. The Morgan fingerprint density at radius 3 is 2.50 bits per heavy atom. The van der Waals surface area contributed by atoms with E-state index in [0.717, 1.165) is 44.3 Å². The van der Waals surface area contributed by atoms with Gasteiger partial charge in [-0.15, -0.1) is 0 Å². The largest absolute Gasteiger partial charge is 0.353 e. The highest BCUT2D eigenvalue weighted by molar-refractivity contribution is 5.99. The first-order valence-corrected chi connectivity index (χ1v) is 13.2. The van der Waals surface area contributed by atoms with Crippen molar-refractivity contribution in [2.24, 2.45) is 23.2 Å². The van der Waals surface area contributed by atoms with Crippen molar-refractivity contribution >= 4 is 22.6 Å². The number of benzene rings is 1. The number of pyridine rings is 2. The van der Waals surface area contributed by atoms with E-state index in [2.05, 4.69) is 4.98 Å². The highest BCUT2D eigenvalue weighted by atomic mass is 19.1. The Labute approximate surface area is 208 Å². The van der Waals surface area contributed by atoms with Crippen molar-refractivity contribution < 1.29 is 13.6 Å². The summed E-state index contributed by atoms with van der Waals surface area (Å²) in [5.41, 5.74) is 0.0144. The monoisotopic (exact) mass is 489 g/mol. The fourth-order valence-electron chi connectivity index (χ4n) is 7.67. The van der Waals surface area contributed by atoms with Crippen LogP contribution in [0.4, 0.5) is 14.6 Å². The van der Waals surface area contributed by atoms with E-state index in [4.69, 9.17) is 0 Å². The Bertz CT molecular complexity index is 1450. The predicted molar refractivity (Wildman–Crippen MR) is 134 cm³/mol. The van der Waals surface area contributed by atoms with E-state index in [-0.39, 0.29) is 38.9 Å². The molecule has 5 fully saturated rings. The number of hydrogen-bond donors (Lipinski definition) is 0. The van der Waals surface area contributed by atoms with E-state index >= 15 is 0 Å². The quantitative estimate of drug-likeness (QED) is 0.343. The zero-order chi connectivity index (χ0) is 24.6. The maximum Gasteiger partial charge on any atom is 0.201 e. The summed E-state index contributed by atoms with van der Waals surface area (Å²) >= 11 is 0. The molecule has 1 aromatic carbocycles. The molecule has 0 amide bonds.